The molecule has 1 aromatic carbocycles. The Bertz CT molecular complexity index is 1110. The zero-order valence-corrected chi connectivity index (χ0v) is 20.4. The molecule has 10 heteroatoms. The van der Waals surface area contributed by atoms with Gasteiger partial charge in [0.1, 0.15) is 17.0 Å². The molecule has 0 spiro atoms. The van der Waals surface area contributed by atoms with Crippen LogP contribution in [0.5, 0.6) is 5.75 Å². The Morgan fingerprint density at radius 2 is 2.03 bits per heavy atom. The lowest BCUT2D eigenvalue weighted by Gasteiger charge is -2.44. The van der Waals surface area contributed by atoms with E-state index in [4.69, 9.17) is 16.3 Å². The van der Waals surface area contributed by atoms with Gasteiger partial charge in [0.2, 0.25) is 5.91 Å². The number of ether oxygens (including phenoxy) is 1. The summed E-state index contributed by atoms with van der Waals surface area (Å²) in [6.07, 6.45) is 6.23. The molecular weight excluding hydrogens is 458 g/mol. The molecule has 1 unspecified atom stereocenters. The second-order valence-corrected chi connectivity index (χ2v) is 9.49. The molecule has 1 aromatic heterocycles. The summed E-state index contributed by atoms with van der Waals surface area (Å²) in [6, 6.07) is 5.00. The molecular formula is C24H30ClN5O4. The topological polar surface area (TPSA) is 106 Å². The zero-order valence-electron chi connectivity index (χ0n) is 19.7. The van der Waals surface area contributed by atoms with Crippen molar-refractivity contribution in [2.45, 2.75) is 64.1 Å². The number of anilines is 1. The smallest absolute Gasteiger partial charge is 0.276 e. The van der Waals surface area contributed by atoms with Crippen molar-refractivity contribution in [1.29, 1.82) is 0 Å². The van der Waals surface area contributed by atoms with Crippen molar-refractivity contribution in [3.8, 4) is 5.75 Å². The summed E-state index contributed by atoms with van der Waals surface area (Å²) >= 11 is 6.07. The highest BCUT2D eigenvalue weighted by molar-refractivity contribution is 6.31. The average Bonchev–Trinajstić information content (AvgIpc) is 3.46. The van der Waals surface area contributed by atoms with E-state index in [0.717, 1.165) is 25.7 Å². The van der Waals surface area contributed by atoms with E-state index < -0.39 is 17.4 Å². The minimum Gasteiger partial charge on any atom is -0.495 e. The standard InChI is InChI=1S/C24H30ClN5O4/c1-4-11-30-22(32)20-19(21(31)28-17-12-15(25)9-10-18(17)34-3)26-14-29(20)13-24(30,2)23(33)27-16-7-5-6-8-16/h9-10,12,14,16H,4-8,11,13H2,1-3H3,(H,27,33)(H,28,31). The van der Waals surface area contributed by atoms with Crippen LogP contribution < -0.4 is 15.4 Å². The third-order valence-corrected chi connectivity index (χ3v) is 6.85. The highest BCUT2D eigenvalue weighted by atomic mass is 35.5. The fourth-order valence-electron chi connectivity index (χ4n) is 4.80. The zero-order chi connectivity index (χ0) is 24.5. The predicted octanol–water partition coefficient (Wildman–Crippen LogP) is 3.48. The molecule has 0 bridgehead atoms. The molecule has 0 radical (unpaired) electrons. The lowest BCUT2D eigenvalue weighted by atomic mass is 9.93. The Balaban J connectivity index is 1.64. The van der Waals surface area contributed by atoms with Crippen LogP contribution in [0, 0.1) is 0 Å². The fraction of sp³-hybridized carbons (Fsp3) is 0.500. The van der Waals surface area contributed by atoms with Crippen molar-refractivity contribution >= 4 is 35.0 Å². The van der Waals surface area contributed by atoms with Gasteiger partial charge < -0.3 is 24.8 Å². The van der Waals surface area contributed by atoms with Gasteiger partial charge in [-0.1, -0.05) is 31.4 Å². The van der Waals surface area contributed by atoms with E-state index in [0.29, 0.717) is 29.4 Å². The molecule has 4 rings (SSSR count). The minimum absolute atomic E-state index is 0.00798. The fourth-order valence-corrected chi connectivity index (χ4v) is 4.97. The van der Waals surface area contributed by atoms with Crippen LogP contribution in [0.1, 0.15) is 66.9 Å². The molecule has 1 atom stereocenters. The normalized spacial score (nSPS) is 20.2. The Kier molecular flexibility index (Phi) is 6.84. The van der Waals surface area contributed by atoms with Crippen LogP contribution in [0.2, 0.25) is 5.02 Å². The predicted molar refractivity (Wildman–Crippen MR) is 128 cm³/mol. The molecule has 2 aliphatic rings. The number of imidazole rings is 1. The highest BCUT2D eigenvalue weighted by Gasteiger charge is 2.49. The molecule has 2 aromatic rings. The van der Waals surface area contributed by atoms with E-state index in [1.807, 2.05) is 6.92 Å². The number of methoxy groups -OCH3 is 1. The van der Waals surface area contributed by atoms with Crippen LogP contribution in [0.4, 0.5) is 5.69 Å². The first-order valence-corrected chi connectivity index (χ1v) is 12.0. The van der Waals surface area contributed by atoms with Crippen molar-refractivity contribution in [2.75, 3.05) is 19.0 Å². The van der Waals surface area contributed by atoms with Crippen molar-refractivity contribution in [2.24, 2.45) is 0 Å². The number of hydrogen-bond donors (Lipinski definition) is 2. The molecule has 1 aliphatic heterocycles. The van der Waals surface area contributed by atoms with Gasteiger partial charge in [-0.15, -0.1) is 0 Å². The highest BCUT2D eigenvalue weighted by Crippen LogP contribution is 2.32. The van der Waals surface area contributed by atoms with Gasteiger partial charge in [-0.25, -0.2) is 4.98 Å². The first kappa shape index (κ1) is 24.1. The number of nitrogens with one attached hydrogen (secondary N) is 2. The number of carbonyl (C=O) groups is 3. The van der Waals surface area contributed by atoms with E-state index in [2.05, 4.69) is 15.6 Å². The first-order valence-electron chi connectivity index (χ1n) is 11.6. The lowest BCUT2D eigenvalue weighted by Crippen LogP contribution is -2.65. The number of amides is 3. The summed E-state index contributed by atoms with van der Waals surface area (Å²) in [7, 11) is 1.49. The van der Waals surface area contributed by atoms with Crippen LogP contribution in [-0.4, -0.2) is 57.4 Å². The maximum absolute atomic E-state index is 13.6. The van der Waals surface area contributed by atoms with Crippen LogP contribution in [0.15, 0.2) is 24.5 Å². The summed E-state index contributed by atoms with van der Waals surface area (Å²) in [5.74, 6) is -0.688. The number of hydrogen-bond acceptors (Lipinski definition) is 5. The largest absolute Gasteiger partial charge is 0.495 e. The van der Waals surface area contributed by atoms with Gasteiger partial charge in [0.15, 0.2) is 5.69 Å². The quantitative estimate of drug-likeness (QED) is 0.622. The number of fused-ring (bicyclic) bond motifs is 1. The van der Waals surface area contributed by atoms with E-state index >= 15 is 0 Å². The van der Waals surface area contributed by atoms with Gasteiger partial charge in [-0.05, 0) is 44.4 Å². The molecule has 2 heterocycles. The van der Waals surface area contributed by atoms with E-state index in [1.54, 1.807) is 34.6 Å². The minimum atomic E-state index is -1.08. The van der Waals surface area contributed by atoms with Crippen LogP contribution in [0.25, 0.3) is 0 Å². The van der Waals surface area contributed by atoms with Gasteiger partial charge in [0.25, 0.3) is 11.8 Å². The van der Waals surface area contributed by atoms with Crippen LogP contribution in [-0.2, 0) is 11.3 Å². The van der Waals surface area contributed by atoms with Gasteiger partial charge >= 0.3 is 0 Å². The lowest BCUT2D eigenvalue weighted by molar-refractivity contribution is -0.133. The molecule has 2 N–H and O–H groups in total. The van der Waals surface area contributed by atoms with Gasteiger partial charge in [0.05, 0.1) is 25.7 Å². The van der Waals surface area contributed by atoms with Crippen LogP contribution >= 0.6 is 11.6 Å². The molecule has 182 valence electrons. The van der Waals surface area contributed by atoms with Crippen LogP contribution in [0.3, 0.4) is 0 Å². The molecule has 0 saturated heterocycles. The summed E-state index contributed by atoms with van der Waals surface area (Å²) in [4.78, 5) is 45.9. The number of aromatic nitrogens is 2. The van der Waals surface area contributed by atoms with Crippen molar-refractivity contribution in [1.82, 2.24) is 19.8 Å². The SMILES string of the molecule is CCCN1C(=O)c2c(C(=O)Nc3cc(Cl)ccc3OC)ncn2CC1(C)C(=O)NC1CCCC1. The Labute approximate surface area is 203 Å². The Hall–Kier alpha value is -3.07. The summed E-state index contributed by atoms with van der Waals surface area (Å²) < 4.78 is 6.89. The van der Waals surface area contributed by atoms with Crippen molar-refractivity contribution in [3.63, 3.8) is 0 Å². The maximum atomic E-state index is 13.6. The van der Waals surface area contributed by atoms with Crippen molar-refractivity contribution < 1.29 is 19.1 Å². The molecule has 34 heavy (non-hydrogen) atoms. The number of nitrogens with zero attached hydrogens (tertiary/aromatic N) is 3. The number of halogens is 1. The monoisotopic (exact) mass is 487 g/mol. The maximum Gasteiger partial charge on any atom is 0.276 e. The second-order valence-electron chi connectivity index (χ2n) is 9.05. The van der Waals surface area contributed by atoms with E-state index in [-0.39, 0.29) is 29.9 Å². The summed E-state index contributed by atoms with van der Waals surface area (Å²) in [5.41, 5.74) is -0.548. The average molecular weight is 488 g/mol. The Morgan fingerprint density at radius 3 is 2.71 bits per heavy atom. The van der Waals surface area contributed by atoms with E-state index in [1.165, 1.54) is 13.4 Å². The van der Waals surface area contributed by atoms with Crippen molar-refractivity contribution in [3.05, 3.63) is 40.9 Å². The first-order chi connectivity index (χ1) is 16.3. The third-order valence-electron chi connectivity index (χ3n) is 6.61. The number of benzene rings is 1. The number of rotatable bonds is 7. The third kappa shape index (κ3) is 4.36. The van der Waals surface area contributed by atoms with E-state index in [9.17, 15) is 14.4 Å². The summed E-state index contributed by atoms with van der Waals surface area (Å²) in [6.45, 7) is 4.34. The van der Waals surface area contributed by atoms with Gasteiger partial charge in [0, 0.05) is 17.6 Å². The van der Waals surface area contributed by atoms with Gasteiger partial charge in [-0.2, -0.15) is 0 Å². The Morgan fingerprint density at radius 1 is 1.29 bits per heavy atom. The molecule has 1 aliphatic carbocycles. The number of carbonyl (C=O) groups excluding carboxylic acids is 3. The second kappa shape index (κ2) is 9.66. The molecule has 3 amide bonds. The molecule has 1 saturated carbocycles. The van der Waals surface area contributed by atoms with Gasteiger partial charge in [-0.3, -0.25) is 14.4 Å². The molecule has 9 nitrogen and oxygen atoms in total. The summed E-state index contributed by atoms with van der Waals surface area (Å²) in [5, 5.41) is 6.30. The molecule has 1 fully saturated rings.